The minimum absolute atomic E-state index is 0.0921. The normalized spacial score (nSPS) is 14.7. The van der Waals surface area contributed by atoms with Crippen LogP contribution < -0.4 is 10.1 Å². The van der Waals surface area contributed by atoms with Crippen LogP contribution in [0.4, 0.5) is 5.69 Å². The van der Waals surface area contributed by atoms with Gasteiger partial charge in [-0.15, -0.1) is 0 Å². The number of aliphatic carboxylic acids is 1. The fourth-order valence-corrected chi connectivity index (χ4v) is 3.38. The first-order chi connectivity index (χ1) is 15.2. The lowest BCUT2D eigenvalue weighted by Crippen LogP contribution is -2.26. The van der Waals surface area contributed by atoms with Crippen molar-refractivity contribution in [2.24, 2.45) is 0 Å². The number of benzene rings is 2. The average Bonchev–Trinajstić information content (AvgIpc) is 3.00. The molecule has 1 aliphatic rings. The van der Waals surface area contributed by atoms with Crippen LogP contribution in [0.5, 0.6) is 5.75 Å². The van der Waals surface area contributed by atoms with E-state index in [1.807, 2.05) is 19.1 Å². The topological polar surface area (TPSA) is 95.9 Å². The lowest BCUT2D eigenvalue weighted by molar-refractivity contribution is -0.137. The number of carbonyl (C=O) groups excluding carboxylic acids is 2. The zero-order valence-corrected chi connectivity index (χ0v) is 18.3. The number of ether oxygens (including phenoxy) is 1. The molecule has 8 heteroatoms. The Hall–Kier alpha value is -3.58. The molecule has 7 nitrogen and oxygen atoms in total. The molecule has 1 aliphatic heterocycles. The van der Waals surface area contributed by atoms with E-state index in [-0.39, 0.29) is 31.4 Å². The zero-order valence-electron chi connectivity index (χ0n) is 17.6. The maximum atomic E-state index is 12.6. The number of hydrogen-bond donors (Lipinski definition) is 2. The molecule has 3 rings (SSSR count). The van der Waals surface area contributed by atoms with Gasteiger partial charge < -0.3 is 20.1 Å². The molecule has 0 atom stereocenters. The number of rotatable bonds is 8. The van der Waals surface area contributed by atoms with Crippen molar-refractivity contribution in [3.8, 4) is 5.75 Å². The van der Waals surface area contributed by atoms with E-state index in [1.54, 1.807) is 36.4 Å². The van der Waals surface area contributed by atoms with Crippen LogP contribution >= 0.6 is 11.6 Å². The number of carboxylic acid groups (broad SMARTS) is 1. The Bertz CT molecular complexity index is 1110. The number of nitrogens with one attached hydrogen (secondary N) is 1. The molecule has 2 aromatic rings. The molecule has 0 spiro atoms. The van der Waals surface area contributed by atoms with Gasteiger partial charge >= 0.3 is 5.97 Å². The maximum absolute atomic E-state index is 12.6. The number of anilines is 1. The third-order valence-corrected chi connectivity index (χ3v) is 5.28. The molecule has 0 aliphatic carbocycles. The fourth-order valence-electron chi connectivity index (χ4n) is 3.20. The monoisotopic (exact) mass is 454 g/mol. The Balaban J connectivity index is 1.61. The van der Waals surface area contributed by atoms with Gasteiger partial charge in [-0.05, 0) is 48.4 Å². The van der Waals surface area contributed by atoms with Gasteiger partial charge in [-0.2, -0.15) is 0 Å². The highest BCUT2D eigenvalue weighted by Gasteiger charge is 2.29. The predicted octanol–water partition coefficient (Wildman–Crippen LogP) is 4.27. The summed E-state index contributed by atoms with van der Waals surface area (Å²) in [5, 5.41) is 12.1. The molecule has 0 bridgehead atoms. The Morgan fingerprint density at radius 1 is 1.28 bits per heavy atom. The number of hydrogen-bond acceptors (Lipinski definition) is 4. The van der Waals surface area contributed by atoms with Crippen molar-refractivity contribution in [3.05, 3.63) is 76.5 Å². The van der Waals surface area contributed by atoms with Gasteiger partial charge in [-0.1, -0.05) is 36.4 Å². The van der Waals surface area contributed by atoms with Crippen LogP contribution in [0.1, 0.15) is 24.0 Å². The summed E-state index contributed by atoms with van der Waals surface area (Å²) in [6.45, 7) is 5.64. The lowest BCUT2D eigenvalue weighted by atomic mass is 10.1. The summed E-state index contributed by atoms with van der Waals surface area (Å²) in [5.74, 6) is -1.07. The molecule has 0 saturated carbocycles. The van der Waals surface area contributed by atoms with Crippen molar-refractivity contribution in [2.45, 2.75) is 19.8 Å². The van der Waals surface area contributed by atoms with Gasteiger partial charge in [-0.3, -0.25) is 14.4 Å². The van der Waals surface area contributed by atoms with Gasteiger partial charge in [-0.25, -0.2) is 0 Å². The van der Waals surface area contributed by atoms with Gasteiger partial charge in [0.1, 0.15) is 5.75 Å². The average molecular weight is 455 g/mol. The van der Waals surface area contributed by atoms with Crippen LogP contribution in [-0.4, -0.2) is 40.9 Å². The molecule has 2 amide bonds. The summed E-state index contributed by atoms with van der Waals surface area (Å²) >= 11 is 6.07. The van der Waals surface area contributed by atoms with E-state index in [0.29, 0.717) is 34.2 Å². The van der Waals surface area contributed by atoms with Crippen molar-refractivity contribution in [3.63, 3.8) is 0 Å². The van der Waals surface area contributed by atoms with Gasteiger partial charge in [0.2, 0.25) is 0 Å². The molecule has 2 N–H and O–H groups in total. The summed E-state index contributed by atoms with van der Waals surface area (Å²) < 4.78 is 5.58. The van der Waals surface area contributed by atoms with Gasteiger partial charge in [0.05, 0.1) is 6.42 Å². The predicted molar refractivity (Wildman–Crippen MR) is 122 cm³/mol. The van der Waals surface area contributed by atoms with Crippen LogP contribution in [0.3, 0.4) is 0 Å². The number of amides is 2. The number of allylic oxidation sites excluding steroid dienone is 1. The Morgan fingerprint density at radius 2 is 2.06 bits per heavy atom. The molecule has 166 valence electrons. The lowest BCUT2D eigenvalue weighted by Gasteiger charge is -2.14. The van der Waals surface area contributed by atoms with E-state index < -0.39 is 5.97 Å². The Kier molecular flexibility index (Phi) is 7.33. The van der Waals surface area contributed by atoms with Crippen molar-refractivity contribution >= 4 is 41.1 Å². The molecule has 0 unspecified atom stereocenters. The summed E-state index contributed by atoms with van der Waals surface area (Å²) in [5.41, 5.74) is 3.32. The number of carbonyl (C=O) groups is 3. The summed E-state index contributed by atoms with van der Waals surface area (Å²) in [6, 6.07) is 12.3. The van der Waals surface area contributed by atoms with Crippen molar-refractivity contribution in [2.75, 3.05) is 18.5 Å². The Morgan fingerprint density at radius 3 is 2.78 bits per heavy atom. The largest absolute Gasteiger partial charge is 0.484 e. The van der Waals surface area contributed by atoms with Crippen LogP contribution in [-0.2, 0) is 14.4 Å². The minimum atomic E-state index is -0.970. The second-order valence-electron chi connectivity index (χ2n) is 7.39. The minimum Gasteiger partial charge on any atom is -0.484 e. The third-order valence-electron chi connectivity index (χ3n) is 4.87. The number of carboxylic acids is 1. The zero-order chi connectivity index (χ0) is 23.3. The second kappa shape index (κ2) is 10.2. The number of aryl methyl sites for hydroxylation is 1. The van der Waals surface area contributed by atoms with Crippen molar-refractivity contribution in [1.82, 2.24) is 4.90 Å². The highest BCUT2D eigenvalue weighted by Crippen LogP contribution is 2.28. The second-order valence-corrected chi connectivity index (χ2v) is 7.79. The SMILES string of the molecule is C=C1CC(=Cc2cccc(OCC(=O)Nc3ccc(C)c(Cl)c3)c2)C(=O)N1CCC(=O)O. The van der Waals surface area contributed by atoms with E-state index in [9.17, 15) is 14.4 Å². The fraction of sp³-hybridized carbons (Fsp3) is 0.208. The van der Waals surface area contributed by atoms with E-state index in [4.69, 9.17) is 21.4 Å². The first-order valence-corrected chi connectivity index (χ1v) is 10.3. The highest BCUT2D eigenvalue weighted by molar-refractivity contribution is 6.31. The first kappa shape index (κ1) is 23.1. The van der Waals surface area contributed by atoms with Crippen LogP contribution in [0.15, 0.2) is 60.3 Å². The quantitative estimate of drug-likeness (QED) is 0.581. The molecule has 1 fully saturated rings. The van der Waals surface area contributed by atoms with E-state index in [1.165, 1.54) is 4.90 Å². The molecule has 1 heterocycles. The maximum Gasteiger partial charge on any atom is 0.305 e. The summed E-state index contributed by atoms with van der Waals surface area (Å²) in [7, 11) is 0. The molecule has 32 heavy (non-hydrogen) atoms. The first-order valence-electron chi connectivity index (χ1n) is 9.94. The van der Waals surface area contributed by atoms with Crippen LogP contribution in [0.2, 0.25) is 5.02 Å². The number of nitrogens with zero attached hydrogens (tertiary/aromatic N) is 1. The molecule has 0 radical (unpaired) electrons. The van der Waals surface area contributed by atoms with E-state index in [2.05, 4.69) is 11.9 Å². The van der Waals surface area contributed by atoms with Crippen LogP contribution in [0.25, 0.3) is 6.08 Å². The summed E-state index contributed by atoms with van der Waals surface area (Å²) in [6.07, 6.45) is 1.93. The van der Waals surface area contributed by atoms with Gasteiger partial charge in [0.25, 0.3) is 11.8 Å². The third kappa shape index (κ3) is 5.98. The Labute approximate surface area is 190 Å². The van der Waals surface area contributed by atoms with Crippen molar-refractivity contribution in [1.29, 1.82) is 0 Å². The van der Waals surface area contributed by atoms with Crippen LogP contribution in [0, 0.1) is 6.92 Å². The number of likely N-dealkylation sites (tertiary alicyclic amines) is 1. The standard InChI is InChI=1S/C24H23ClN2O5/c1-15-6-7-19(13-21(15)25)26-22(28)14-32-20-5-3-4-17(12-20)11-18-10-16(2)27(24(18)31)9-8-23(29)30/h3-7,11-13H,2,8-10,14H2,1H3,(H,26,28)(H,29,30). The molecule has 1 saturated heterocycles. The van der Waals surface area contributed by atoms with E-state index >= 15 is 0 Å². The highest BCUT2D eigenvalue weighted by atomic mass is 35.5. The van der Waals surface area contributed by atoms with E-state index in [0.717, 1.165) is 11.1 Å². The summed E-state index contributed by atoms with van der Waals surface area (Å²) in [4.78, 5) is 36.9. The smallest absolute Gasteiger partial charge is 0.305 e. The molecular weight excluding hydrogens is 432 g/mol. The molecule has 2 aromatic carbocycles. The van der Waals surface area contributed by atoms with Crippen molar-refractivity contribution < 1.29 is 24.2 Å². The van der Waals surface area contributed by atoms with Gasteiger partial charge in [0, 0.05) is 34.9 Å². The van der Waals surface area contributed by atoms with Gasteiger partial charge in [0.15, 0.2) is 6.61 Å². The number of halogens is 1. The molecular formula is C24H23ClN2O5. The molecule has 0 aromatic heterocycles.